The van der Waals surface area contributed by atoms with Gasteiger partial charge in [-0.05, 0) is 54.3 Å². The van der Waals surface area contributed by atoms with Gasteiger partial charge in [-0.25, -0.2) is 0 Å². The van der Waals surface area contributed by atoms with Crippen molar-refractivity contribution in [1.29, 1.82) is 0 Å². The van der Waals surface area contributed by atoms with Gasteiger partial charge < -0.3 is 15.0 Å². The number of rotatable bonds is 3. The molecule has 28 heavy (non-hydrogen) atoms. The summed E-state index contributed by atoms with van der Waals surface area (Å²) in [4.78, 5) is 26.9. The van der Waals surface area contributed by atoms with Gasteiger partial charge in [0.25, 0.3) is 11.8 Å². The molecular formula is C23H28N2O3. The molecule has 1 fully saturated rings. The summed E-state index contributed by atoms with van der Waals surface area (Å²) in [5, 5.41) is 2.89. The number of amides is 2. The molecule has 0 radical (unpaired) electrons. The monoisotopic (exact) mass is 380 g/mol. The number of carbonyl (C=O) groups excluding carboxylic acids is 2. The lowest BCUT2D eigenvalue weighted by Crippen LogP contribution is -2.44. The molecule has 3 rings (SSSR count). The van der Waals surface area contributed by atoms with Crippen molar-refractivity contribution >= 4 is 17.5 Å². The van der Waals surface area contributed by atoms with Crippen LogP contribution >= 0.6 is 0 Å². The lowest BCUT2D eigenvalue weighted by atomic mass is 9.87. The van der Waals surface area contributed by atoms with Crippen molar-refractivity contribution in [3.05, 3.63) is 65.2 Å². The molecule has 148 valence electrons. The first-order chi connectivity index (χ1) is 13.2. The van der Waals surface area contributed by atoms with Crippen LogP contribution in [0.3, 0.4) is 0 Å². The molecule has 1 N–H and O–H groups in total. The fraction of sp³-hybridized carbons (Fsp3) is 0.391. The van der Waals surface area contributed by atoms with Gasteiger partial charge in [0, 0.05) is 29.9 Å². The second kappa shape index (κ2) is 8.15. The Morgan fingerprint density at radius 2 is 1.61 bits per heavy atom. The van der Waals surface area contributed by atoms with E-state index >= 15 is 0 Å². The first kappa shape index (κ1) is 20.1. The standard InChI is InChI=1S/C23H28N2O3/c1-16-15-25(13-14-28-16)22(27)18-7-11-20(12-8-18)24-21(26)17-5-9-19(10-6-17)23(2,3)4/h5-12,16H,13-15H2,1-4H3,(H,24,26). The number of nitrogens with zero attached hydrogens (tertiary/aromatic N) is 1. The molecule has 1 unspecified atom stereocenters. The molecule has 1 heterocycles. The number of benzene rings is 2. The van der Waals surface area contributed by atoms with Gasteiger partial charge in [-0.1, -0.05) is 32.9 Å². The van der Waals surface area contributed by atoms with Crippen molar-refractivity contribution in [3.63, 3.8) is 0 Å². The van der Waals surface area contributed by atoms with E-state index in [1.165, 1.54) is 5.56 Å². The third-order valence-corrected chi connectivity index (χ3v) is 4.93. The van der Waals surface area contributed by atoms with Crippen LogP contribution in [0, 0.1) is 0 Å². The van der Waals surface area contributed by atoms with E-state index in [4.69, 9.17) is 4.74 Å². The van der Waals surface area contributed by atoms with Crippen LogP contribution in [-0.2, 0) is 10.2 Å². The fourth-order valence-electron chi connectivity index (χ4n) is 3.21. The zero-order valence-corrected chi connectivity index (χ0v) is 17.0. The predicted octanol–water partition coefficient (Wildman–Crippen LogP) is 4.10. The zero-order valence-electron chi connectivity index (χ0n) is 17.0. The molecule has 5 nitrogen and oxygen atoms in total. The minimum atomic E-state index is -0.165. The predicted molar refractivity (Wildman–Crippen MR) is 111 cm³/mol. The Labute approximate surface area is 166 Å². The Morgan fingerprint density at radius 3 is 2.18 bits per heavy atom. The second-order valence-corrected chi connectivity index (χ2v) is 8.29. The van der Waals surface area contributed by atoms with E-state index in [-0.39, 0.29) is 23.3 Å². The SMILES string of the molecule is CC1CN(C(=O)c2ccc(NC(=O)c3ccc(C(C)(C)C)cc3)cc2)CCO1. The fourth-order valence-corrected chi connectivity index (χ4v) is 3.21. The number of hydrogen-bond acceptors (Lipinski definition) is 3. The summed E-state index contributed by atoms with van der Waals surface area (Å²) < 4.78 is 5.48. The van der Waals surface area contributed by atoms with Crippen LogP contribution in [0.2, 0.25) is 0 Å². The molecule has 2 aromatic carbocycles. The molecule has 0 bridgehead atoms. The molecule has 1 saturated heterocycles. The van der Waals surface area contributed by atoms with E-state index in [0.717, 1.165) is 0 Å². The minimum Gasteiger partial charge on any atom is -0.375 e. The van der Waals surface area contributed by atoms with Crippen LogP contribution in [0.4, 0.5) is 5.69 Å². The summed E-state index contributed by atoms with van der Waals surface area (Å²) in [6, 6.07) is 14.7. The lowest BCUT2D eigenvalue weighted by Gasteiger charge is -2.31. The zero-order chi connectivity index (χ0) is 20.3. The molecule has 5 heteroatoms. The summed E-state index contributed by atoms with van der Waals surface area (Å²) >= 11 is 0. The maximum atomic E-state index is 12.6. The number of morpholine rings is 1. The topological polar surface area (TPSA) is 58.6 Å². The Hall–Kier alpha value is -2.66. The highest BCUT2D eigenvalue weighted by Crippen LogP contribution is 2.22. The summed E-state index contributed by atoms with van der Waals surface area (Å²) in [6.07, 6.45) is 0.0564. The van der Waals surface area contributed by atoms with Gasteiger partial charge in [0.2, 0.25) is 0 Å². The van der Waals surface area contributed by atoms with Crippen molar-refractivity contribution in [2.75, 3.05) is 25.0 Å². The maximum Gasteiger partial charge on any atom is 0.255 e. The average molecular weight is 380 g/mol. The Kier molecular flexibility index (Phi) is 5.84. The molecule has 1 aliphatic rings. The Balaban J connectivity index is 1.63. The van der Waals surface area contributed by atoms with Crippen molar-refractivity contribution in [2.45, 2.75) is 39.2 Å². The summed E-state index contributed by atoms with van der Waals surface area (Å²) in [5.74, 6) is -0.174. The normalized spacial score (nSPS) is 17.3. The molecule has 1 aliphatic heterocycles. The van der Waals surface area contributed by atoms with Crippen molar-refractivity contribution in [3.8, 4) is 0 Å². The van der Waals surface area contributed by atoms with Crippen LogP contribution in [0.1, 0.15) is 54.0 Å². The minimum absolute atomic E-state index is 0.00852. The van der Waals surface area contributed by atoms with Gasteiger partial charge >= 0.3 is 0 Å². The first-order valence-electron chi connectivity index (χ1n) is 9.67. The molecule has 0 spiro atoms. The number of hydrogen-bond donors (Lipinski definition) is 1. The highest BCUT2D eigenvalue weighted by atomic mass is 16.5. The molecule has 0 saturated carbocycles. The van der Waals surface area contributed by atoms with Crippen molar-refractivity contribution in [1.82, 2.24) is 4.90 Å². The van der Waals surface area contributed by atoms with Crippen LogP contribution in [0.25, 0.3) is 0 Å². The summed E-state index contributed by atoms with van der Waals surface area (Å²) in [7, 11) is 0. The van der Waals surface area contributed by atoms with Gasteiger partial charge in [-0.2, -0.15) is 0 Å². The smallest absolute Gasteiger partial charge is 0.255 e. The van der Waals surface area contributed by atoms with E-state index in [1.807, 2.05) is 31.2 Å². The van der Waals surface area contributed by atoms with Gasteiger partial charge in [0.1, 0.15) is 0 Å². The maximum absolute atomic E-state index is 12.6. The highest BCUT2D eigenvalue weighted by Gasteiger charge is 2.22. The average Bonchev–Trinajstić information content (AvgIpc) is 2.67. The van der Waals surface area contributed by atoms with Crippen LogP contribution < -0.4 is 5.32 Å². The van der Waals surface area contributed by atoms with Crippen LogP contribution in [-0.4, -0.2) is 42.5 Å². The highest BCUT2D eigenvalue weighted by molar-refractivity contribution is 6.04. The Morgan fingerprint density at radius 1 is 1.00 bits per heavy atom. The van der Waals surface area contributed by atoms with Crippen LogP contribution in [0.15, 0.2) is 48.5 Å². The number of nitrogens with one attached hydrogen (secondary N) is 1. The number of carbonyl (C=O) groups is 2. The summed E-state index contributed by atoms with van der Waals surface area (Å²) in [5.41, 5.74) is 3.12. The van der Waals surface area contributed by atoms with Crippen molar-refractivity contribution < 1.29 is 14.3 Å². The number of anilines is 1. The van der Waals surface area contributed by atoms with Crippen LogP contribution in [0.5, 0.6) is 0 Å². The van der Waals surface area contributed by atoms with E-state index in [1.54, 1.807) is 29.2 Å². The molecule has 0 aromatic heterocycles. The first-order valence-corrected chi connectivity index (χ1v) is 9.67. The van der Waals surface area contributed by atoms with E-state index in [2.05, 4.69) is 26.1 Å². The molecule has 0 aliphatic carbocycles. The van der Waals surface area contributed by atoms with Crippen molar-refractivity contribution in [2.24, 2.45) is 0 Å². The second-order valence-electron chi connectivity index (χ2n) is 8.29. The molecule has 2 amide bonds. The molecule has 1 atom stereocenters. The van der Waals surface area contributed by atoms with Gasteiger partial charge in [0.15, 0.2) is 0 Å². The third kappa shape index (κ3) is 4.78. The quantitative estimate of drug-likeness (QED) is 0.872. The number of ether oxygens (including phenoxy) is 1. The largest absolute Gasteiger partial charge is 0.375 e. The van der Waals surface area contributed by atoms with Gasteiger partial charge in [0.05, 0.1) is 12.7 Å². The molecular weight excluding hydrogens is 352 g/mol. The van der Waals surface area contributed by atoms with E-state index in [9.17, 15) is 9.59 Å². The third-order valence-electron chi connectivity index (χ3n) is 4.93. The lowest BCUT2D eigenvalue weighted by molar-refractivity contribution is -0.0124. The van der Waals surface area contributed by atoms with Gasteiger partial charge in [-0.15, -0.1) is 0 Å². The Bertz CT molecular complexity index is 836. The van der Waals surface area contributed by atoms with Gasteiger partial charge in [-0.3, -0.25) is 9.59 Å². The van der Waals surface area contributed by atoms with E-state index in [0.29, 0.717) is 36.5 Å². The molecule has 2 aromatic rings. The summed E-state index contributed by atoms with van der Waals surface area (Å²) in [6.45, 7) is 10.2. The van der Waals surface area contributed by atoms with E-state index < -0.39 is 0 Å².